The van der Waals surface area contributed by atoms with Gasteiger partial charge in [-0.05, 0) is 38.0 Å². The lowest BCUT2D eigenvalue weighted by molar-refractivity contribution is -0.119. The van der Waals surface area contributed by atoms with Crippen LogP contribution in [0.1, 0.15) is 23.9 Å². The topological polar surface area (TPSA) is 76.2 Å². The molecule has 1 aromatic heterocycles. The van der Waals surface area contributed by atoms with E-state index in [1.54, 1.807) is 14.2 Å². The summed E-state index contributed by atoms with van der Waals surface area (Å²) in [7, 11) is 3.20. The number of aryl methyl sites for hydroxylation is 2. The molecule has 0 bridgehead atoms. The molecule has 0 spiro atoms. The lowest BCUT2D eigenvalue weighted by Crippen LogP contribution is -2.22. The first kappa shape index (κ1) is 16.9. The highest BCUT2D eigenvalue weighted by atomic mass is 16.5. The maximum Gasteiger partial charge on any atom is 0.227 e. The number of methoxy groups -OCH3 is 2. The average Bonchev–Trinajstić information content (AvgIpc) is 2.86. The van der Waals surface area contributed by atoms with Crippen LogP contribution in [0, 0.1) is 19.8 Å². The maximum atomic E-state index is 12.4. The molecule has 23 heavy (non-hydrogen) atoms. The van der Waals surface area contributed by atoms with Crippen molar-refractivity contribution in [1.29, 1.82) is 0 Å². The number of H-pyrrole nitrogens is 1. The molecule has 0 aliphatic carbocycles. The normalized spacial score (nSPS) is 11.9. The van der Waals surface area contributed by atoms with Crippen molar-refractivity contribution in [1.82, 2.24) is 10.2 Å². The number of aromatic nitrogens is 2. The minimum atomic E-state index is -0.179. The molecule has 0 fully saturated rings. The van der Waals surface area contributed by atoms with Crippen molar-refractivity contribution < 1.29 is 14.3 Å². The standard InChI is InChI=1S/C17H23N3O3/c1-10(17(21)18-16-11(2)19-20-12(16)3)8-13-6-7-14(22-4)15(9-13)23-5/h6-7,9-10H,8H2,1-5H3,(H,18,21)(H,19,20). The number of ether oxygens (including phenoxy) is 2. The second-order valence-corrected chi connectivity index (χ2v) is 5.59. The number of carbonyl (C=O) groups is 1. The van der Waals surface area contributed by atoms with E-state index in [2.05, 4.69) is 15.5 Å². The lowest BCUT2D eigenvalue weighted by Gasteiger charge is -2.14. The number of anilines is 1. The SMILES string of the molecule is COc1ccc(CC(C)C(=O)Nc2c(C)n[nH]c2C)cc1OC. The van der Waals surface area contributed by atoms with E-state index in [0.717, 1.165) is 22.6 Å². The van der Waals surface area contributed by atoms with Gasteiger partial charge in [0, 0.05) is 5.92 Å². The van der Waals surface area contributed by atoms with E-state index in [0.29, 0.717) is 17.9 Å². The van der Waals surface area contributed by atoms with Gasteiger partial charge in [0.1, 0.15) is 0 Å². The molecule has 1 atom stereocenters. The highest BCUT2D eigenvalue weighted by Crippen LogP contribution is 2.28. The van der Waals surface area contributed by atoms with E-state index < -0.39 is 0 Å². The molecule has 1 aromatic carbocycles. The van der Waals surface area contributed by atoms with Gasteiger partial charge in [-0.2, -0.15) is 5.10 Å². The number of benzene rings is 1. The van der Waals surface area contributed by atoms with Crippen LogP contribution in [0.25, 0.3) is 0 Å². The van der Waals surface area contributed by atoms with Gasteiger partial charge in [-0.25, -0.2) is 0 Å². The maximum absolute atomic E-state index is 12.4. The second-order valence-electron chi connectivity index (χ2n) is 5.59. The van der Waals surface area contributed by atoms with Gasteiger partial charge in [-0.3, -0.25) is 9.89 Å². The number of rotatable bonds is 6. The van der Waals surface area contributed by atoms with E-state index in [4.69, 9.17) is 9.47 Å². The summed E-state index contributed by atoms with van der Waals surface area (Å²) in [6.07, 6.45) is 0.613. The summed E-state index contributed by atoms with van der Waals surface area (Å²) in [4.78, 5) is 12.4. The predicted octanol–water partition coefficient (Wildman–Crippen LogP) is 2.86. The summed E-state index contributed by atoms with van der Waals surface area (Å²) in [6, 6.07) is 5.69. The number of aromatic amines is 1. The lowest BCUT2D eigenvalue weighted by atomic mass is 9.99. The Hall–Kier alpha value is -2.50. The molecular weight excluding hydrogens is 294 g/mol. The van der Waals surface area contributed by atoms with Gasteiger partial charge in [-0.1, -0.05) is 13.0 Å². The number of amides is 1. The van der Waals surface area contributed by atoms with E-state index in [1.807, 2.05) is 39.0 Å². The van der Waals surface area contributed by atoms with Crippen LogP contribution >= 0.6 is 0 Å². The Bertz CT molecular complexity index is 675. The minimum Gasteiger partial charge on any atom is -0.493 e. The first-order valence-corrected chi connectivity index (χ1v) is 7.49. The third kappa shape index (κ3) is 3.83. The van der Waals surface area contributed by atoms with Crippen molar-refractivity contribution in [3.05, 3.63) is 35.2 Å². The summed E-state index contributed by atoms with van der Waals surface area (Å²) in [5.74, 6) is 1.13. The van der Waals surface area contributed by atoms with Crippen molar-refractivity contribution in [2.45, 2.75) is 27.2 Å². The Kier molecular flexibility index (Phi) is 5.26. The van der Waals surface area contributed by atoms with Crippen LogP contribution in [-0.4, -0.2) is 30.3 Å². The van der Waals surface area contributed by atoms with Crippen LogP contribution in [0.4, 0.5) is 5.69 Å². The van der Waals surface area contributed by atoms with Crippen molar-refractivity contribution in [2.24, 2.45) is 5.92 Å². The van der Waals surface area contributed by atoms with E-state index in [9.17, 15) is 4.79 Å². The van der Waals surface area contributed by atoms with Gasteiger partial charge in [0.2, 0.25) is 5.91 Å². The molecule has 0 saturated carbocycles. The smallest absolute Gasteiger partial charge is 0.227 e. The van der Waals surface area contributed by atoms with Crippen LogP contribution in [0.3, 0.4) is 0 Å². The number of nitrogens with one attached hydrogen (secondary N) is 2. The molecule has 2 rings (SSSR count). The Morgan fingerprint density at radius 3 is 2.52 bits per heavy atom. The molecule has 1 heterocycles. The number of carbonyl (C=O) groups excluding carboxylic acids is 1. The molecule has 0 saturated heterocycles. The Labute approximate surface area is 136 Å². The zero-order valence-corrected chi connectivity index (χ0v) is 14.2. The fourth-order valence-corrected chi connectivity index (χ4v) is 2.44. The molecule has 2 aromatic rings. The zero-order valence-electron chi connectivity index (χ0n) is 14.2. The molecule has 1 amide bonds. The first-order chi connectivity index (χ1) is 11.0. The highest BCUT2D eigenvalue weighted by molar-refractivity contribution is 5.93. The van der Waals surface area contributed by atoms with Crippen LogP contribution in [-0.2, 0) is 11.2 Å². The number of hydrogen-bond acceptors (Lipinski definition) is 4. The highest BCUT2D eigenvalue weighted by Gasteiger charge is 2.17. The largest absolute Gasteiger partial charge is 0.493 e. The van der Waals surface area contributed by atoms with Crippen molar-refractivity contribution >= 4 is 11.6 Å². The minimum absolute atomic E-state index is 0.0348. The van der Waals surface area contributed by atoms with Gasteiger partial charge >= 0.3 is 0 Å². The predicted molar refractivity (Wildman–Crippen MR) is 89.1 cm³/mol. The second kappa shape index (κ2) is 7.17. The molecule has 0 aliphatic heterocycles. The monoisotopic (exact) mass is 317 g/mol. The van der Waals surface area contributed by atoms with Gasteiger partial charge in [-0.15, -0.1) is 0 Å². The van der Waals surface area contributed by atoms with Gasteiger partial charge in [0.05, 0.1) is 31.3 Å². The molecule has 6 nitrogen and oxygen atoms in total. The Morgan fingerprint density at radius 2 is 1.96 bits per heavy atom. The molecule has 0 aliphatic rings. The molecule has 2 N–H and O–H groups in total. The first-order valence-electron chi connectivity index (χ1n) is 7.49. The number of nitrogens with zero attached hydrogens (tertiary/aromatic N) is 1. The van der Waals surface area contributed by atoms with Crippen LogP contribution < -0.4 is 14.8 Å². The van der Waals surface area contributed by atoms with Crippen LogP contribution in [0.2, 0.25) is 0 Å². The summed E-state index contributed by atoms with van der Waals surface area (Å²) in [6.45, 7) is 5.64. The molecule has 0 radical (unpaired) electrons. The molecule has 124 valence electrons. The Balaban J connectivity index is 2.06. The number of hydrogen-bond donors (Lipinski definition) is 2. The molecular formula is C17H23N3O3. The van der Waals surface area contributed by atoms with Gasteiger partial charge in [0.25, 0.3) is 0 Å². The fraction of sp³-hybridized carbons (Fsp3) is 0.412. The van der Waals surface area contributed by atoms with E-state index in [1.165, 1.54) is 0 Å². The Morgan fingerprint density at radius 1 is 1.26 bits per heavy atom. The van der Waals surface area contributed by atoms with Gasteiger partial charge < -0.3 is 14.8 Å². The zero-order chi connectivity index (χ0) is 17.0. The molecule has 1 unspecified atom stereocenters. The summed E-state index contributed by atoms with van der Waals surface area (Å²) in [5, 5.41) is 9.89. The van der Waals surface area contributed by atoms with E-state index >= 15 is 0 Å². The van der Waals surface area contributed by atoms with Crippen LogP contribution in [0.5, 0.6) is 11.5 Å². The quantitative estimate of drug-likeness (QED) is 0.859. The molecule has 6 heteroatoms. The summed E-state index contributed by atoms with van der Waals surface area (Å²) < 4.78 is 10.5. The summed E-state index contributed by atoms with van der Waals surface area (Å²) in [5.41, 5.74) is 3.42. The summed E-state index contributed by atoms with van der Waals surface area (Å²) >= 11 is 0. The van der Waals surface area contributed by atoms with Crippen LogP contribution in [0.15, 0.2) is 18.2 Å². The third-order valence-electron chi connectivity index (χ3n) is 3.81. The third-order valence-corrected chi connectivity index (χ3v) is 3.81. The fourth-order valence-electron chi connectivity index (χ4n) is 2.44. The van der Waals surface area contributed by atoms with Crippen molar-refractivity contribution in [3.63, 3.8) is 0 Å². The van der Waals surface area contributed by atoms with E-state index in [-0.39, 0.29) is 11.8 Å². The van der Waals surface area contributed by atoms with Crippen molar-refractivity contribution in [2.75, 3.05) is 19.5 Å². The average molecular weight is 317 g/mol. The van der Waals surface area contributed by atoms with Crippen molar-refractivity contribution in [3.8, 4) is 11.5 Å². The van der Waals surface area contributed by atoms with Gasteiger partial charge in [0.15, 0.2) is 11.5 Å².